The number of hydrogen-bond donors (Lipinski definition) is 3. The zero-order chi connectivity index (χ0) is 37.9. The van der Waals surface area contributed by atoms with Gasteiger partial charge in [-0.05, 0) is 50.0 Å². The second-order valence-electron chi connectivity index (χ2n) is 14.9. The Morgan fingerprint density at radius 3 is 2.16 bits per heavy atom. The molecular weight excluding hydrogens is 638 g/mol. The van der Waals surface area contributed by atoms with Crippen LogP contribution in [0.15, 0.2) is 30.3 Å². The summed E-state index contributed by atoms with van der Waals surface area (Å²) in [6.45, 7) is 15.3. The van der Waals surface area contributed by atoms with Crippen molar-refractivity contribution in [3.05, 3.63) is 35.9 Å². The van der Waals surface area contributed by atoms with Crippen LogP contribution in [0.1, 0.15) is 86.6 Å². The SMILES string of the molecule is CC[C@H](C)[C@@H]([C@@H](CC(=O)N1CCC[C@H]1[C@H](C)[C@@H](C)C(=O)N[C@@H](Cc1ccccc1)C(=O)OC)OC)N(C)C(=O)[C@@H](NC(=O)C(C)(C)N)C(C)C. The molecule has 1 aromatic rings. The molecule has 0 saturated carbocycles. The summed E-state index contributed by atoms with van der Waals surface area (Å²) in [5.41, 5.74) is 5.76. The summed E-state index contributed by atoms with van der Waals surface area (Å²) in [6.07, 6.45) is 2.01. The van der Waals surface area contributed by atoms with E-state index in [0.29, 0.717) is 13.0 Å². The Hall–Kier alpha value is -3.51. The number of amides is 4. The number of ether oxygens (including phenoxy) is 2. The van der Waals surface area contributed by atoms with E-state index in [2.05, 4.69) is 10.6 Å². The number of nitrogens with zero attached hydrogens (tertiary/aromatic N) is 2. The lowest BCUT2D eigenvalue weighted by Crippen LogP contribution is -2.60. The minimum atomic E-state index is -1.16. The van der Waals surface area contributed by atoms with Crippen molar-refractivity contribution < 1.29 is 33.4 Å². The molecule has 2 rings (SSSR count). The number of hydrogen-bond acceptors (Lipinski definition) is 8. The first kappa shape index (κ1) is 42.7. The predicted molar refractivity (Wildman–Crippen MR) is 194 cm³/mol. The molecule has 12 nitrogen and oxygen atoms in total. The van der Waals surface area contributed by atoms with E-state index < -0.39 is 47.6 Å². The standard InChI is InChI=1S/C38H63N5O7/c1-12-24(4)33(42(9)35(46)32(23(2)3)41-37(48)38(7,8)39)30(49-10)22-31(44)43-20-16-19-29(43)25(5)26(6)34(45)40-28(36(47)50-11)21-27-17-14-13-15-18-27/h13-15,17-18,23-26,28-30,32-33H,12,16,19-22,39H2,1-11H3,(H,40,45)(H,41,48)/t24-,25+,26+,28-,29-,30+,32-,33-/m0/s1. The van der Waals surface area contributed by atoms with Crippen LogP contribution in [0.5, 0.6) is 0 Å². The van der Waals surface area contributed by atoms with Crippen molar-refractivity contribution in [3.63, 3.8) is 0 Å². The third-order valence-electron chi connectivity index (χ3n) is 10.4. The highest BCUT2D eigenvalue weighted by molar-refractivity contribution is 5.92. The predicted octanol–water partition coefficient (Wildman–Crippen LogP) is 3.31. The largest absolute Gasteiger partial charge is 0.467 e. The van der Waals surface area contributed by atoms with Crippen molar-refractivity contribution >= 4 is 29.6 Å². The van der Waals surface area contributed by atoms with Crippen molar-refractivity contribution in [3.8, 4) is 0 Å². The number of benzene rings is 1. The Balaban J connectivity index is 2.22. The number of carbonyl (C=O) groups is 5. The summed E-state index contributed by atoms with van der Waals surface area (Å²) in [7, 11) is 4.55. The van der Waals surface area contributed by atoms with Crippen LogP contribution in [-0.4, -0.2) is 103 Å². The highest BCUT2D eigenvalue weighted by Crippen LogP contribution is 2.31. The second kappa shape index (κ2) is 19.2. The first-order chi connectivity index (χ1) is 23.4. The van der Waals surface area contributed by atoms with Crippen molar-refractivity contribution in [2.24, 2.45) is 29.4 Å². The van der Waals surface area contributed by atoms with Crippen LogP contribution in [0.2, 0.25) is 0 Å². The molecule has 1 aromatic carbocycles. The summed E-state index contributed by atoms with van der Waals surface area (Å²) < 4.78 is 10.9. The van der Waals surface area contributed by atoms with E-state index in [1.54, 1.807) is 32.9 Å². The summed E-state index contributed by atoms with van der Waals surface area (Å²) in [4.78, 5) is 70.3. The molecular formula is C38H63N5O7. The number of likely N-dealkylation sites (tertiary alicyclic amines) is 1. The van der Waals surface area contributed by atoms with Crippen LogP contribution in [0.3, 0.4) is 0 Å². The van der Waals surface area contributed by atoms with Gasteiger partial charge in [-0.2, -0.15) is 0 Å². The van der Waals surface area contributed by atoms with Gasteiger partial charge in [0.05, 0.1) is 31.2 Å². The first-order valence-electron chi connectivity index (χ1n) is 18.0. The number of nitrogens with two attached hydrogens (primary N) is 1. The molecule has 12 heteroatoms. The topological polar surface area (TPSA) is 160 Å². The van der Waals surface area contributed by atoms with Gasteiger partial charge < -0.3 is 35.6 Å². The zero-order valence-electron chi connectivity index (χ0n) is 32.2. The third-order valence-corrected chi connectivity index (χ3v) is 10.4. The number of esters is 1. The van der Waals surface area contributed by atoms with Gasteiger partial charge in [0.2, 0.25) is 23.6 Å². The van der Waals surface area contributed by atoms with Gasteiger partial charge in [-0.15, -0.1) is 0 Å². The first-order valence-corrected chi connectivity index (χ1v) is 18.0. The summed E-state index contributed by atoms with van der Waals surface area (Å²) in [6, 6.07) is 7.15. The lowest BCUT2D eigenvalue weighted by molar-refractivity contribution is -0.147. The van der Waals surface area contributed by atoms with E-state index in [0.717, 1.165) is 24.8 Å². The highest BCUT2D eigenvalue weighted by Gasteiger charge is 2.42. The van der Waals surface area contributed by atoms with Crippen molar-refractivity contribution in [2.45, 2.75) is 123 Å². The average molecular weight is 702 g/mol. The molecule has 0 aliphatic carbocycles. The zero-order valence-corrected chi connectivity index (χ0v) is 32.2. The Morgan fingerprint density at radius 2 is 1.64 bits per heavy atom. The average Bonchev–Trinajstić information content (AvgIpc) is 3.58. The number of likely N-dealkylation sites (N-methyl/N-ethyl adjacent to an activating group) is 1. The third kappa shape index (κ3) is 11.2. The maximum absolute atomic E-state index is 14.0. The minimum absolute atomic E-state index is 0.0215. The number of carbonyl (C=O) groups excluding carboxylic acids is 5. The molecule has 1 aliphatic rings. The molecule has 1 heterocycles. The minimum Gasteiger partial charge on any atom is -0.467 e. The van der Waals surface area contributed by atoms with E-state index >= 15 is 0 Å². The van der Waals surface area contributed by atoms with Gasteiger partial charge in [0.1, 0.15) is 12.1 Å². The molecule has 0 unspecified atom stereocenters. The molecule has 4 N–H and O–H groups in total. The molecule has 4 amide bonds. The highest BCUT2D eigenvalue weighted by atomic mass is 16.5. The van der Waals surface area contributed by atoms with Crippen LogP contribution < -0.4 is 16.4 Å². The monoisotopic (exact) mass is 701 g/mol. The molecule has 0 bridgehead atoms. The van der Waals surface area contributed by atoms with Crippen molar-refractivity contribution in [1.82, 2.24) is 20.4 Å². The van der Waals surface area contributed by atoms with Crippen LogP contribution in [0, 0.1) is 23.7 Å². The maximum Gasteiger partial charge on any atom is 0.328 e. The molecule has 8 atom stereocenters. The summed E-state index contributed by atoms with van der Waals surface area (Å²) in [5.74, 6) is -2.52. The fourth-order valence-corrected chi connectivity index (χ4v) is 6.79. The summed E-state index contributed by atoms with van der Waals surface area (Å²) >= 11 is 0. The molecule has 0 radical (unpaired) electrons. The van der Waals surface area contributed by atoms with Gasteiger partial charge in [0, 0.05) is 39.1 Å². The van der Waals surface area contributed by atoms with E-state index in [1.165, 1.54) is 7.11 Å². The molecule has 1 saturated heterocycles. The number of methoxy groups -OCH3 is 2. The Bertz CT molecular complexity index is 1280. The smallest absolute Gasteiger partial charge is 0.328 e. The van der Waals surface area contributed by atoms with Crippen molar-refractivity contribution in [2.75, 3.05) is 27.8 Å². The Kier molecular flexibility index (Phi) is 16.4. The summed E-state index contributed by atoms with van der Waals surface area (Å²) in [5, 5.41) is 5.72. The Morgan fingerprint density at radius 1 is 1.02 bits per heavy atom. The number of nitrogens with one attached hydrogen (secondary N) is 2. The van der Waals surface area contributed by atoms with E-state index in [4.69, 9.17) is 15.2 Å². The fraction of sp³-hybridized carbons (Fsp3) is 0.711. The molecule has 1 fully saturated rings. The Labute approximate surface area is 299 Å². The van der Waals surface area contributed by atoms with Crippen LogP contribution in [0.4, 0.5) is 0 Å². The molecule has 1 aliphatic heterocycles. The lowest BCUT2D eigenvalue weighted by atomic mass is 9.86. The quantitative estimate of drug-likeness (QED) is 0.197. The van der Waals surface area contributed by atoms with Gasteiger partial charge in [0.15, 0.2) is 0 Å². The molecule has 282 valence electrons. The van der Waals surface area contributed by atoms with Crippen LogP contribution in [-0.2, 0) is 39.9 Å². The van der Waals surface area contributed by atoms with Gasteiger partial charge in [0.25, 0.3) is 0 Å². The second-order valence-corrected chi connectivity index (χ2v) is 14.9. The van der Waals surface area contributed by atoms with E-state index in [1.807, 2.05) is 76.8 Å². The van der Waals surface area contributed by atoms with E-state index in [-0.39, 0.29) is 47.9 Å². The van der Waals surface area contributed by atoms with Gasteiger partial charge in [-0.3, -0.25) is 19.2 Å². The fourth-order valence-electron chi connectivity index (χ4n) is 6.79. The van der Waals surface area contributed by atoms with Crippen LogP contribution >= 0.6 is 0 Å². The van der Waals surface area contributed by atoms with Gasteiger partial charge >= 0.3 is 5.97 Å². The number of rotatable bonds is 18. The van der Waals surface area contributed by atoms with Gasteiger partial charge in [-0.1, -0.05) is 78.3 Å². The molecule has 0 aromatic heterocycles. The maximum atomic E-state index is 14.0. The normalized spacial score (nSPS) is 19.1. The lowest BCUT2D eigenvalue weighted by Gasteiger charge is -2.41. The van der Waals surface area contributed by atoms with E-state index in [9.17, 15) is 24.0 Å². The van der Waals surface area contributed by atoms with Crippen LogP contribution in [0.25, 0.3) is 0 Å². The van der Waals surface area contributed by atoms with Gasteiger partial charge in [-0.25, -0.2) is 4.79 Å². The molecule has 50 heavy (non-hydrogen) atoms. The molecule has 0 spiro atoms. The van der Waals surface area contributed by atoms with Crippen molar-refractivity contribution in [1.29, 1.82) is 0 Å².